The Bertz CT molecular complexity index is 942. The quantitative estimate of drug-likeness (QED) is 0.724. The van der Waals surface area contributed by atoms with Gasteiger partial charge in [-0.25, -0.2) is 18.2 Å². The molecule has 0 bridgehead atoms. The van der Waals surface area contributed by atoms with Crippen molar-refractivity contribution in [3.63, 3.8) is 0 Å². The third kappa shape index (κ3) is 4.52. The molecule has 1 aromatic heterocycles. The van der Waals surface area contributed by atoms with Crippen LogP contribution in [0.3, 0.4) is 0 Å². The Hall–Kier alpha value is -2.85. The number of rotatable bonds is 6. The van der Waals surface area contributed by atoms with E-state index in [4.69, 9.17) is 4.74 Å². The van der Waals surface area contributed by atoms with Gasteiger partial charge in [0, 0.05) is 31.2 Å². The Morgan fingerprint density at radius 3 is 2.43 bits per heavy atom. The Labute approximate surface area is 162 Å². The van der Waals surface area contributed by atoms with E-state index in [1.54, 1.807) is 0 Å². The van der Waals surface area contributed by atoms with Gasteiger partial charge in [0.1, 0.15) is 0 Å². The molecule has 1 aliphatic heterocycles. The number of nitrogens with one attached hydrogen (secondary N) is 1. The zero-order valence-corrected chi connectivity index (χ0v) is 16.1. The van der Waals surface area contributed by atoms with Crippen molar-refractivity contribution in [3.05, 3.63) is 48.5 Å². The predicted molar refractivity (Wildman–Crippen MR) is 100.0 cm³/mol. The molecule has 1 amide bonds. The van der Waals surface area contributed by atoms with Gasteiger partial charge >= 0.3 is 5.97 Å². The molecule has 28 heavy (non-hydrogen) atoms. The van der Waals surface area contributed by atoms with Crippen LogP contribution in [0.25, 0.3) is 0 Å². The number of hydrogen-bond acceptors (Lipinski definition) is 7. The fourth-order valence-electron chi connectivity index (χ4n) is 2.71. The Morgan fingerprint density at radius 2 is 1.82 bits per heavy atom. The van der Waals surface area contributed by atoms with Crippen LogP contribution in [0.2, 0.25) is 0 Å². The number of carbonyl (C=O) groups excluding carboxylic acids is 2. The summed E-state index contributed by atoms with van der Waals surface area (Å²) in [6, 6.07) is 5.88. The average molecular weight is 404 g/mol. The van der Waals surface area contributed by atoms with Crippen LogP contribution in [0.4, 0.5) is 5.69 Å². The molecule has 0 radical (unpaired) electrons. The summed E-state index contributed by atoms with van der Waals surface area (Å²) in [4.78, 5) is 31.9. The van der Waals surface area contributed by atoms with Gasteiger partial charge in [0.2, 0.25) is 10.0 Å². The zero-order chi connectivity index (χ0) is 20.1. The lowest BCUT2D eigenvalue weighted by atomic mass is 10.3. The summed E-state index contributed by atoms with van der Waals surface area (Å²) in [5.74, 6) is -1.31. The van der Waals surface area contributed by atoms with E-state index < -0.39 is 28.0 Å². The summed E-state index contributed by atoms with van der Waals surface area (Å²) in [6.07, 6.45) is 4.66. The van der Waals surface area contributed by atoms with Crippen molar-refractivity contribution in [1.82, 2.24) is 14.3 Å². The molecule has 2 heterocycles. The maximum atomic E-state index is 12.5. The number of hydrogen-bond donors (Lipinski definition) is 1. The molecule has 1 saturated heterocycles. The first-order chi connectivity index (χ1) is 13.4. The van der Waals surface area contributed by atoms with Crippen LogP contribution in [0.1, 0.15) is 30.3 Å². The van der Waals surface area contributed by atoms with E-state index in [0.29, 0.717) is 18.8 Å². The number of ether oxygens (including phenoxy) is 1. The minimum atomic E-state index is -3.51. The largest absolute Gasteiger partial charge is 0.448 e. The minimum Gasteiger partial charge on any atom is -0.448 e. The molecule has 0 aliphatic carbocycles. The first-order valence-corrected chi connectivity index (χ1v) is 10.2. The van der Waals surface area contributed by atoms with Crippen molar-refractivity contribution < 1.29 is 22.7 Å². The van der Waals surface area contributed by atoms with E-state index in [-0.39, 0.29) is 10.6 Å². The van der Waals surface area contributed by atoms with Crippen molar-refractivity contribution in [2.75, 3.05) is 18.4 Å². The SMILES string of the molecule is C[C@@H](OC(=O)c1cnccn1)C(=O)Nc1ccc(S(=O)(=O)N2CCCC2)cc1. The third-order valence-electron chi connectivity index (χ3n) is 4.25. The minimum absolute atomic E-state index is 0.00128. The second kappa shape index (κ2) is 8.44. The number of carbonyl (C=O) groups is 2. The number of esters is 1. The van der Waals surface area contributed by atoms with Gasteiger partial charge in [0.05, 0.1) is 11.1 Å². The molecule has 10 heteroatoms. The molecular weight excluding hydrogens is 384 g/mol. The summed E-state index contributed by atoms with van der Waals surface area (Å²) in [5.41, 5.74) is 0.395. The third-order valence-corrected chi connectivity index (χ3v) is 6.16. The fraction of sp³-hybridized carbons (Fsp3) is 0.333. The Morgan fingerprint density at radius 1 is 1.14 bits per heavy atom. The average Bonchev–Trinajstić information content (AvgIpc) is 3.25. The molecule has 1 aromatic carbocycles. The second-order valence-corrected chi connectivity index (χ2v) is 8.20. The van der Waals surface area contributed by atoms with E-state index in [2.05, 4.69) is 15.3 Å². The van der Waals surface area contributed by atoms with Gasteiger partial charge in [0.25, 0.3) is 5.91 Å². The molecule has 0 saturated carbocycles. The van der Waals surface area contributed by atoms with Crippen LogP contribution < -0.4 is 5.32 Å². The number of benzene rings is 1. The normalized spacial score (nSPS) is 15.8. The molecule has 0 unspecified atom stereocenters. The molecule has 0 spiro atoms. The van der Waals surface area contributed by atoms with Crippen LogP contribution in [0.15, 0.2) is 47.8 Å². The molecule has 148 valence electrons. The highest BCUT2D eigenvalue weighted by molar-refractivity contribution is 7.89. The van der Waals surface area contributed by atoms with Gasteiger partial charge in [-0.15, -0.1) is 0 Å². The van der Waals surface area contributed by atoms with Crippen molar-refractivity contribution >= 4 is 27.6 Å². The van der Waals surface area contributed by atoms with Crippen molar-refractivity contribution in [2.24, 2.45) is 0 Å². The summed E-state index contributed by atoms with van der Waals surface area (Å²) >= 11 is 0. The molecule has 3 rings (SSSR count). The van der Waals surface area contributed by atoms with Crippen molar-refractivity contribution in [2.45, 2.75) is 30.8 Å². The van der Waals surface area contributed by atoms with Crippen LogP contribution in [0.5, 0.6) is 0 Å². The number of nitrogens with zero attached hydrogens (tertiary/aromatic N) is 3. The molecule has 1 fully saturated rings. The topological polar surface area (TPSA) is 119 Å². The summed E-state index contributed by atoms with van der Waals surface area (Å²) in [5, 5.41) is 2.59. The Balaban J connectivity index is 1.60. The van der Waals surface area contributed by atoms with E-state index in [0.717, 1.165) is 12.8 Å². The first kappa shape index (κ1) is 19.9. The number of aromatic nitrogens is 2. The van der Waals surface area contributed by atoms with Gasteiger partial charge in [0.15, 0.2) is 11.8 Å². The van der Waals surface area contributed by atoms with Crippen LogP contribution in [0, 0.1) is 0 Å². The van der Waals surface area contributed by atoms with Crippen molar-refractivity contribution in [3.8, 4) is 0 Å². The monoisotopic (exact) mass is 404 g/mol. The van der Waals surface area contributed by atoms with Gasteiger partial charge in [-0.3, -0.25) is 9.78 Å². The van der Waals surface area contributed by atoms with Gasteiger partial charge < -0.3 is 10.1 Å². The molecular formula is C18H20N4O5S. The lowest BCUT2D eigenvalue weighted by Gasteiger charge is -2.16. The standard InChI is InChI=1S/C18H20N4O5S/c1-13(27-18(24)16-12-19-8-9-20-16)17(23)21-14-4-6-15(7-5-14)28(25,26)22-10-2-3-11-22/h4-9,12-13H,2-3,10-11H2,1H3,(H,21,23)/t13-/m1/s1. The van der Waals surface area contributed by atoms with Crippen LogP contribution >= 0.6 is 0 Å². The predicted octanol–water partition coefficient (Wildman–Crippen LogP) is 1.45. The highest BCUT2D eigenvalue weighted by Crippen LogP contribution is 2.22. The smallest absolute Gasteiger partial charge is 0.359 e. The fourth-order valence-corrected chi connectivity index (χ4v) is 4.23. The molecule has 9 nitrogen and oxygen atoms in total. The van der Waals surface area contributed by atoms with E-state index in [1.165, 1.54) is 54.1 Å². The Kier molecular flexibility index (Phi) is 6.00. The van der Waals surface area contributed by atoms with Crippen LogP contribution in [-0.2, 0) is 19.6 Å². The molecule has 1 N–H and O–H groups in total. The molecule has 1 atom stereocenters. The van der Waals surface area contributed by atoms with Gasteiger partial charge in [-0.05, 0) is 44.0 Å². The van der Waals surface area contributed by atoms with Gasteiger partial charge in [-0.1, -0.05) is 0 Å². The maximum Gasteiger partial charge on any atom is 0.359 e. The van der Waals surface area contributed by atoms with E-state index in [9.17, 15) is 18.0 Å². The zero-order valence-electron chi connectivity index (χ0n) is 15.2. The highest BCUT2D eigenvalue weighted by atomic mass is 32.2. The lowest BCUT2D eigenvalue weighted by Crippen LogP contribution is -2.30. The lowest BCUT2D eigenvalue weighted by molar-refractivity contribution is -0.123. The second-order valence-electron chi connectivity index (χ2n) is 6.26. The number of sulfonamides is 1. The summed E-state index contributed by atoms with van der Waals surface area (Å²) in [7, 11) is -3.51. The van der Waals surface area contributed by atoms with E-state index in [1.807, 2.05) is 0 Å². The first-order valence-electron chi connectivity index (χ1n) is 8.76. The maximum absolute atomic E-state index is 12.5. The van der Waals surface area contributed by atoms with E-state index >= 15 is 0 Å². The molecule has 2 aromatic rings. The number of amides is 1. The van der Waals surface area contributed by atoms with Gasteiger partial charge in [-0.2, -0.15) is 4.31 Å². The van der Waals surface area contributed by atoms with Crippen molar-refractivity contribution in [1.29, 1.82) is 0 Å². The highest BCUT2D eigenvalue weighted by Gasteiger charge is 2.27. The summed E-state index contributed by atoms with van der Waals surface area (Å²) < 4.78 is 31.5. The summed E-state index contributed by atoms with van der Waals surface area (Å²) in [6.45, 7) is 2.47. The number of anilines is 1. The molecule has 1 aliphatic rings. The van der Waals surface area contributed by atoms with Crippen LogP contribution in [-0.4, -0.2) is 53.8 Å².